The van der Waals surface area contributed by atoms with Gasteiger partial charge in [-0.05, 0) is 31.5 Å². The van der Waals surface area contributed by atoms with E-state index in [1.807, 2.05) is 0 Å². The molecule has 0 aliphatic rings. The largest absolute Gasteiger partial charge is 0.481 e. The van der Waals surface area contributed by atoms with Gasteiger partial charge in [0, 0.05) is 25.5 Å². The van der Waals surface area contributed by atoms with E-state index in [9.17, 15) is 18.4 Å². The van der Waals surface area contributed by atoms with Crippen molar-refractivity contribution < 1.29 is 23.5 Å². The Morgan fingerprint density at radius 3 is 2.55 bits per heavy atom. The number of aliphatic carboxylic acids is 1. The first-order valence-corrected chi connectivity index (χ1v) is 6.25. The molecule has 1 aromatic carbocycles. The summed E-state index contributed by atoms with van der Waals surface area (Å²) in [5.41, 5.74) is 0.0964. The first-order chi connectivity index (χ1) is 9.32. The van der Waals surface area contributed by atoms with Gasteiger partial charge in [-0.3, -0.25) is 9.59 Å². The van der Waals surface area contributed by atoms with Crippen LogP contribution in [0.25, 0.3) is 0 Å². The molecule has 1 unspecified atom stereocenters. The summed E-state index contributed by atoms with van der Waals surface area (Å²) < 4.78 is 26.7. The van der Waals surface area contributed by atoms with E-state index in [0.717, 1.165) is 18.2 Å². The Kier molecular flexibility index (Phi) is 5.61. The summed E-state index contributed by atoms with van der Waals surface area (Å²) in [6, 6.07) is 2.47. The van der Waals surface area contributed by atoms with Crippen LogP contribution in [0, 0.1) is 11.6 Å². The van der Waals surface area contributed by atoms with Crippen LogP contribution in [-0.2, 0) is 9.59 Å². The van der Waals surface area contributed by atoms with E-state index in [0.29, 0.717) is 0 Å². The molecule has 110 valence electrons. The van der Waals surface area contributed by atoms with Crippen molar-refractivity contribution in [3.63, 3.8) is 0 Å². The van der Waals surface area contributed by atoms with E-state index < -0.39 is 23.6 Å². The number of nitrogens with zero attached hydrogens (tertiary/aromatic N) is 1. The molecular weight excluding hydrogens is 268 g/mol. The Balaban J connectivity index is 2.70. The zero-order chi connectivity index (χ0) is 15.3. The summed E-state index contributed by atoms with van der Waals surface area (Å²) in [7, 11) is 1.48. The topological polar surface area (TPSA) is 57.6 Å². The standard InChI is InChI=1S/C14H17F2NO3/c1-9(11-8-10(15)6-7-12(11)16)17(2)13(18)4-3-5-14(19)20/h6-9H,3-5H2,1-2H3,(H,19,20). The number of hydrogen-bond acceptors (Lipinski definition) is 2. The zero-order valence-corrected chi connectivity index (χ0v) is 11.4. The van der Waals surface area contributed by atoms with E-state index in [1.54, 1.807) is 6.92 Å². The lowest BCUT2D eigenvalue weighted by Crippen LogP contribution is -2.30. The molecule has 0 aliphatic heterocycles. The Morgan fingerprint density at radius 1 is 1.30 bits per heavy atom. The van der Waals surface area contributed by atoms with Crippen molar-refractivity contribution >= 4 is 11.9 Å². The SMILES string of the molecule is CC(c1cc(F)ccc1F)N(C)C(=O)CCCC(=O)O. The molecular formula is C14H17F2NO3. The van der Waals surface area contributed by atoms with Gasteiger partial charge in [0.1, 0.15) is 11.6 Å². The van der Waals surface area contributed by atoms with Crippen LogP contribution < -0.4 is 0 Å². The van der Waals surface area contributed by atoms with Gasteiger partial charge in [-0.15, -0.1) is 0 Å². The van der Waals surface area contributed by atoms with Crippen molar-refractivity contribution in [1.82, 2.24) is 4.90 Å². The van der Waals surface area contributed by atoms with Gasteiger partial charge in [0.25, 0.3) is 0 Å². The molecule has 0 fully saturated rings. The maximum Gasteiger partial charge on any atom is 0.303 e. The highest BCUT2D eigenvalue weighted by Gasteiger charge is 2.20. The molecule has 4 nitrogen and oxygen atoms in total. The van der Waals surface area contributed by atoms with Gasteiger partial charge in [-0.1, -0.05) is 0 Å². The highest BCUT2D eigenvalue weighted by Crippen LogP contribution is 2.23. The van der Waals surface area contributed by atoms with Crippen molar-refractivity contribution in [2.24, 2.45) is 0 Å². The second-order valence-electron chi connectivity index (χ2n) is 4.59. The summed E-state index contributed by atoms with van der Waals surface area (Å²) in [4.78, 5) is 23.5. The van der Waals surface area contributed by atoms with Gasteiger partial charge >= 0.3 is 5.97 Å². The summed E-state index contributed by atoms with van der Waals surface area (Å²) in [5, 5.41) is 8.50. The van der Waals surface area contributed by atoms with E-state index in [1.165, 1.54) is 11.9 Å². The van der Waals surface area contributed by atoms with Crippen LogP contribution in [0.15, 0.2) is 18.2 Å². The number of halogens is 2. The highest BCUT2D eigenvalue weighted by atomic mass is 19.1. The number of amides is 1. The van der Waals surface area contributed by atoms with E-state index >= 15 is 0 Å². The molecule has 0 heterocycles. The molecule has 0 bridgehead atoms. The fourth-order valence-corrected chi connectivity index (χ4v) is 1.83. The van der Waals surface area contributed by atoms with E-state index in [-0.39, 0.29) is 30.7 Å². The third kappa shape index (κ3) is 4.29. The highest BCUT2D eigenvalue weighted by molar-refractivity contribution is 5.77. The van der Waals surface area contributed by atoms with Crippen molar-refractivity contribution in [2.45, 2.75) is 32.2 Å². The molecule has 0 aromatic heterocycles. The van der Waals surface area contributed by atoms with Gasteiger partial charge < -0.3 is 10.0 Å². The predicted molar refractivity (Wildman–Crippen MR) is 69.0 cm³/mol. The first-order valence-electron chi connectivity index (χ1n) is 6.25. The minimum atomic E-state index is -0.968. The van der Waals surface area contributed by atoms with Crippen molar-refractivity contribution in [1.29, 1.82) is 0 Å². The van der Waals surface area contributed by atoms with Crippen LogP contribution >= 0.6 is 0 Å². The van der Waals surface area contributed by atoms with Gasteiger partial charge in [0.15, 0.2) is 0 Å². The molecule has 1 N–H and O–H groups in total. The Morgan fingerprint density at radius 2 is 1.95 bits per heavy atom. The third-order valence-corrected chi connectivity index (χ3v) is 3.16. The Labute approximate surface area is 116 Å². The molecule has 1 rings (SSSR count). The summed E-state index contributed by atoms with van der Waals surface area (Å²) >= 11 is 0. The minimum Gasteiger partial charge on any atom is -0.481 e. The van der Waals surface area contributed by atoms with Crippen molar-refractivity contribution in [2.75, 3.05) is 7.05 Å². The molecule has 0 aliphatic carbocycles. The van der Waals surface area contributed by atoms with Crippen LogP contribution in [-0.4, -0.2) is 28.9 Å². The lowest BCUT2D eigenvalue weighted by molar-refractivity contribution is -0.137. The lowest BCUT2D eigenvalue weighted by Gasteiger charge is -2.25. The fraction of sp³-hybridized carbons (Fsp3) is 0.429. The molecule has 0 saturated carbocycles. The van der Waals surface area contributed by atoms with Crippen molar-refractivity contribution in [3.05, 3.63) is 35.4 Å². The van der Waals surface area contributed by atoms with Crippen molar-refractivity contribution in [3.8, 4) is 0 Å². The predicted octanol–water partition coefficient (Wildman–Crippen LogP) is 2.74. The number of benzene rings is 1. The van der Waals surface area contributed by atoms with Gasteiger partial charge in [-0.25, -0.2) is 8.78 Å². The van der Waals surface area contributed by atoms with Crippen LogP contribution in [0.2, 0.25) is 0 Å². The summed E-state index contributed by atoms with van der Waals surface area (Å²) in [6.45, 7) is 1.59. The quantitative estimate of drug-likeness (QED) is 0.874. The Hall–Kier alpha value is -1.98. The van der Waals surface area contributed by atoms with Gasteiger partial charge in [-0.2, -0.15) is 0 Å². The monoisotopic (exact) mass is 285 g/mol. The average molecular weight is 285 g/mol. The fourth-order valence-electron chi connectivity index (χ4n) is 1.83. The number of carboxylic acids is 1. The molecule has 1 atom stereocenters. The Bertz CT molecular complexity index is 505. The second kappa shape index (κ2) is 6.98. The normalized spacial score (nSPS) is 12.0. The zero-order valence-electron chi connectivity index (χ0n) is 11.4. The number of carboxylic acid groups (broad SMARTS) is 1. The maximum absolute atomic E-state index is 13.6. The summed E-state index contributed by atoms with van der Waals surface area (Å²) in [6.07, 6.45) is 0.184. The number of carbonyl (C=O) groups is 2. The lowest BCUT2D eigenvalue weighted by atomic mass is 10.1. The molecule has 0 spiro atoms. The van der Waals surface area contributed by atoms with Gasteiger partial charge in [0.2, 0.25) is 5.91 Å². The molecule has 1 amide bonds. The molecule has 0 radical (unpaired) electrons. The van der Waals surface area contributed by atoms with Gasteiger partial charge in [0.05, 0.1) is 6.04 Å². The smallest absolute Gasteiger partial charge is 0.303 e. The van der Waals surface area contributed by atoms with E-state index in [2.05, 4.69) is 0 Å². The van der Waals surface area contributed by atoms with Crippen LogP contribution in [0.1, 0.15) is 37.8 Å². The second-order valence-corrected chi connectivity index (χ2v) is 4.59. The molecule has 1 aromatic rings. The maximum atomic E-state index is 13.6. The molecule has 20 heavy (non-hydrogen) atoms. The van der Waals surface area contributed by atoms with Crippen LogP contribution in [0.5, 0.6) is 0 Å². The number of rotatable bonds is 6. The molecule has 0 saturated heterocycles. The average Bonchev–Trinajstić information content (AvgIpc) is 2.39. The first kappa shape index (κ1) is 16.1. The van der Waals surface area contributed by atoms with Crippen LogP contribution in [0.4, 0.5) is 8.78 Å². The van der Waals surface area contributed by atoms with Crippen LogP contribution in [0.3, 0.4) is 0 Å². The number of hydrogen-bond donors (Lipinski definition) is 1. The number of carbonyl (C=O) groups excluding carboxylic acids is 1. The summed E-state index contributed by atoms with van der Waals surface area (Å²) in [5.74, 6) is -2.42. The van der Waals surface area contributed by atoms with E-state index in [4.69, 9.17) is 5.11 Å². The molecule has 6 heteroatoms. The minimum absolute atomic E-state index is 0.0596. The third-order valence-electron chi connectivity index (χ3n) is 3.16.